The fourth-order valence-electron chi connectivity index (χ4n) is 3.49. The summed E-state index contributed by atoms with van der Waals surface area (Å²) in [7, 11) is 0. The molecule has 6 nitrogen and oxygen atoms in total. The summed E-state index contributed by atoms with van der Waals surface area (Å²) in [6, 6.07) is 10.3. The van der Waals surface area contributed by atoms with Crippen molar-refractivity contribution in [2.45, 2.75) is 13.5 Å². The van der Waals surface area contributed by atoms with Crippen molar-refractivity contribution in [3.05, 3.63) is 57.6 Å². The number of halogens is 1. The summed E-state index contributed by atoms with van der Waals surface area (Å²) in [6.45, 7) is 3.18. The van der Waals surface area contributed by atoms with E-state index in [0.29, 0.717) is 23.8 Å². The van der Waals surface area contributed by atoms with Crippen molar-refractivity contribution in [3.63, 3.8) is 0 Å². The quantitative estimate of drug-likeness (QED) is 0.685. The second kappa shape index (κ2) is 5.60. The first-order chi connectivity index (χ1) is 12.0. The lowest BCUT2D eigenvalue weighted by Gasteiger charge is -2.18. The van der Waals surface area contributed by atoms with E-state index in [-0.39, 0.29) is 16.5 Å². The standard InChI is InChI=1S/C18H14ClN3O3/c1-10-14-8-12(19)9-15(11-2-4-13(5-3-11)22(24)25)17(14)21-7-6-20-18(23)16(10)21/h2-5,8-9H,6-7H2,1H3,(H-,20,23,24,25)/p+1. The Morgan fingerprint density at radius 2 is 1.96 bits per heavy atom. The Kier molecular flexibility index (Phi) is 3.51. The van der Waals surface area contributed by atoms with Crippen LogP contribution in [0.25, 0.3) is 22.0 Å². The summed E-state index contributed by atoms with van der Waals surface area (Å²) in [5.41, 5.74) is 4.38. The molecule has 1 aromatic heterocycles. The van der Waals surface area contributed by atoms with E-state index in [2.05, 4.69) is 5.32 Å². The van der Waals surface area contributed by atoms with Crippen molar-refractivity contribution in [3.8, 4) is 11.1 Å². The van der Waals surface area contributed by atoms with Gasteiger partial charge in [-0.25, -0.2) is 5.21 Å². The average Bonchev–Trinajstić information content (AvgIpc) is 2.88. The number of carbonyl (C=O) groups is 1. The van der Waals surface area contributed by atoms with Gasteiger partial charge in [0.25, 0.3) is 10.8 Å². The number of aromatic nitrogens is 1. The Morgan fingerprint density at radius 3 is 2.64 bits per heavy atom. The zero-order chi connectivity index (χ0) is 17.7. The number of amides is 1. The molecule has 1 amide bonds. The van der Waals surface area contributed by atoms with Gasteiger partial charge in [0.15, 0.2) is 0 Å². The number of nitrogens with zero attached hydrogens (tertiary/aromatic N) is 2. The molecule has 0 unspecified atom stereocenters. The van der Waals surface area contributed by atoms with Gasteiger partial charge in [0.1, 0.15) is 5.69 Å². The summed E-state index contributed by atoms with van der Waals surface area (Å²) < 4.78 is 2.02. The third-order valence-corrected chi connectivity index (χ3v) is 4.83. The highest BCUT2D eigenvalue weighted by Gasteiger charge is 2.25. The van der Waals surface area contributed by atoms with Gasteiger partial charge in [0, 0.05) is 41.2 Å². The molecule has 0 bridgehead atoms. The predicted octanol–water partition coefficient (Wildman–Crippen LogP) is 3.81. The monoisotopic (exact) mass is 356 g/mol. The Labute approximate surface area is 148 Å². The average molecular weight is 357 g/mol. The zero-order valence-corrected chi connectivity index (χ0v) is 14.2. The Bertz CT molecular complexity index is 1040. The van der Waals surface area contributed by atoms with Crippen LogP contribution >= 0.6 is 11.6 Å². The van der Waals surface area contributed by atoms with E-state index < -0.39 is 0 Å². The molecule has 3 aromatic rings. The topological polar surface area (TPSA) is 74.3 Å². The van der Waals surface area contributed by atoms with Crippen molar-refractivity contribution in [2.75, 3.05) is 6.54 Å². The first-order valence-corrected chi connectivity index (χ1v) is 8.22. The third kappa shape index (κ3) is 2.37. The van der Waals surface area contributed by atoms with E-state index in [0.717, 1.165) is 27.6 Å². The number of hydrogen-bond donors (Lipinski definition) is 2. The van der Waals surface area contributed by atoms with Gasteiger partial charge in [-0.2, -0.15) is 0 Å². The highest BCUT2D eigenvalue weighted by molar-refractivity contribution is 6.32. The molecule has 1 aliphatic rings. The fourth-order valence-corrected chi connectivity index (χ4v) is 3.71. The Balaban J connectivity index is 2.02. The fraction of sp³-hybridized carbons (Fsp3) is 0.167. The normalized spacial score (nSPS) is 13.6. The number of fused-ring (bicyclic) bond motifs is 3. The molecule has 7 heteroatoms. The summed E-state index contributed by atoms with van der Waals surface area (Å²) in [5, 5.41) is 13.4. The summed E-state index contributed by atoms with van der Waals surface area (Å²) in [4.78, 5) is 23.1. The maximum absolute atomic E-state index is 12.3. The first-order valence-electron chi connectivity index (χ1n) is 7.84. The van der Waals surface area contributed by atoms with E-state index >= 15 is 0 Å². The van der Waals surface area contributed by atoms with Crippen LogP contribution in [0.4, 0.5) is 5.69 Å². The number of nitrogens with one attached hydrogen (secondary N) is 1. The van der Waals surface area contributed by atoms with Crippen LogP contribution in [-0.2, 0) is 6.54 Å². The van der Waals surface area contributed by atoms with Crippen molar-refractivity contribution in [2.24, 2.45) is 0 Å². The Hall–Kier alpha value is -2.86. The molecule has 126 valence electrons. The number of carbonyl (C=O) groups excluding carboxylic acids is 1. The SMILES string of the molecule is Cc1c2n(c3c(-c4ccc([N+](=O)O)cc4)cc(Cl)cc13)CCNC2=O. The van der Waals surface area contributed by atoms with Crippen LogP contribution in [0.3, 0.4) is 0 Å². The van der Waals surface area contributed by atoms with Gasteiger partial charge in [-0.3, -0.25) is 4.79 Å². The molecule has 0 aliphatic carbocycles. The predicted molar refractivity (Wildman–Crippen MR) is 94.5 cm³/mol. The van der Waals surface area contributed by atoms with Crippen LogP contribution in [-0.4, -0.2) is 27.1 Å². The molecule has 0 fully saturated rings. The van der Waals surface area contributed by atoms with Crippen molar-refractivity contribution >= 4 is 34.1 Å². The summed E-state index contributed by atoms with van der Waals surface area (Å²) in [6.07, 6.45) is 0. The van der Waals surface area contributed by atoms with Gasteiger partial charge in [0.05, 0.1) is 10.4 Å². The molecule has 0 atom stereocenters. The van der Waals surface area contributed by atoms with E-state index in [1.165, 1.54) is 12.1 Å². The van der Waals surface area contributed by atoms with Gasteiger partial charge >= 0.3 is 5.69 Å². The minimum atomic E-state index is -0.176. The van der Waals surface area contributed by atoms with Gasteiger partial charge in [-0.15, -0.1) is 0 Å². The highest BCUT2D eigenvalue weighted by Crippen LogP contribution is 2.37. The zero-order valence-electron chi connectivity index (χ0n) is 13.4. The van der Waals surface area contributed by atoms with Crippen molar-refractivity contribution in [1.29, 1.82) is 0 Å². The Morgan fingerprint density at radius 1 is 1.24 bits per heavy atom. The van der Waals surface area contributed by atoms with Crippen LogP contribution in [0.2, 0.25) is 5.02 Å². The highest BCUT2D eigenvalue weighted by atomic mass is 35.5. The minimum absolute atomic E-state index is 0.0837. The molecule has 4 rings (SSSR count). The van der Waals surface area contributed by atoms with Gasteiger partial charge < -0.3 is 9.88 Å². The number of rotatable bonds is 2. The van der Waals surface area contributed by atoms with E-state index in [1.54, 1.807) is 12.1 Å². The largest absolute Gasteiger partial charge is 0.349 e. The van der Waals surface area contributed by atoms with Crippen LogP contribution in [0.1, 0.15) is 16.1 Å². The second-order valence-corrected chi connectivity index (χ2v) is 6.49. The molecule has 1 aliphatic heterocycles. The lowest BCUT2D eigenvalue weighted by atomic mass is 10.0. The lowest BCUT2D eigenvalue weighted by molar-refractivity contribution is -0.729. The number of aryl methyl sites for hydroxylation is 1. The first kappa shape index (κ1) is 15.7. The van der Waals surface area contributed by atoms with Gasteiger partial charge in [-0.1, -0.05) is 11.6 Å². The molecule has 0 saturated heterocycles. The maximum atomic E-state index is 12.3. The molecule has 2 N–H and O–H groups in total. The second-order valence-electron chi connectivity index (χ2n) is 6.05. The molecule has 25 heavy (non-hydrogen) atoms. The van der Waals surface area contributed by atoms with Crippen LogP contribution in [0.5, 0.6) is 0 Å². The van der Waals surface area contributed by atoms with Crippen LogP contribution < -0.4 is 5.32 Å². The molecule has 0 spiro atoms. The third-order valence-electron chi connectivity index (χ3n) is 4.61. The summed E-state index contributed by atoms with van der Waals surface area (Å²) in [5.74, 6) is -0.0837. The molecule has 2 heterocycles. The molecular formula is C18H15ClN3O3+. The van der Waals surface area contributed by atoms with E-state index in [4.69, 9.17) is 16.8 Å². The van der Waals surface area contributed by atoms with Crippen LogP contribution in [0, 0.1) is 11.8 Å². The van der Waals surface area contributed by atoms with E-state index in [9.17, 15) is 9.70 Å². The van der Waals surface area contributed by atoms with E-state index in [1.807, 2.05) is 23.6 Å². The smallest absolute Gasteiger partial charge is 0.316 e. The molecule has 0 radical (unpaired) electrons. The number of benzene rings is 2. The maximum Gasteiger partial charge on any atom is 0.316 e. The lowest BCUT2D eigenvalue weighted by Crippen LogP contribution is -2.35. The minimum Gasteiger partial charge on any atom is -0.349 e. The van der Waals surface area contributed by atoms with Gasteiger partial charge in [0.2, 0.25) is 0 Å². The number of hydrogen-bond acceptors (Lipinski definition) is 2. The molecule has 0 saturated carbocycles. The van der Waals surface area contributed by atoms with Crippen molar-refractivity contribution < 1.29 is 14.9 Å². The summed E-state index contributed by atoms with van der Waals surface area (Å²) >= 11 is 6.32. The molecular weight excluding hydrogens is 342 g/mol. The van der Waals surface area contributed by atoms with Gasteiger partial charge in [-0.05, 0) is 42.3 Å². The molecule has 2 aromatic carbocycles. The van der Waals surface area contributed by atoms with Crippen LogP contribution in [0.15, 0.2) is 36.4 Å². The van der Waals surface area contributed by atoms with Crippen molar-refractivity contribution in [1.82, 2.24) is 9.88 Å².